The van der Waals surface area contributed by atoms with Gasteiger partial charge in [0.15, 0.2) is 11.6 Å². The summed E-state index contributed by atoms with van der Waals surface area (Å²) in [5.41, 5.74) is 1.08. The van der Waals surface area contributed by atoms with Gasteiger partial charge in [-0.2, -0.15) is 0 Å². The van der Waals surface area contributed by atoms with Crippen molar-refractivity contribution in [2.24, 2.45) is 28.1 Å². The van der Waals surface area contributed by atoms with Crippen LogP contribution in [0.1, 0.15) is 149 Å². The maximum Gasteiger partial charge on any atom is 0.410 e. The van der Waals surface area contributed by atoms with E-state index in [9.17, 15) is 28.8 Å². The van der Waals surface area contributed by atoms with Gasteiger partial charge in [-0.1, -0.05) is 98.4 Å². The first-order chi connectivity index (χ1) is 29.3. The average molecular weight is 860 g/mol. The first kappa shape index (κ1) is 47.2. The monoisotopic (exact) mass is 860 g/mol. The first-order valence-corrected chi connectivity index (χ1v) is 23.5. The molecule has 342 valence electrons. The summed E-state index contributed by atoms with van der Waals surface area (Å²) in [7, 11) is 0. The predicted molar refractivity (Wildman–Crippen MR) is 236 cm³/mol. The number of ketones is 3. The third-order valence-corrected chi connectivity index (χ3v) is 14.5. The number of Topliss-reactive ketones (excluding diaryl/α,β-unsaturated/α-hetero) is 3. The molecule has 2 saturated heterocycles. The summed E-state index contributed by atoms with van der Waals surface area (Å²) in [5, 5.41) is 6.24. The molecule has 13 nitrogen and oxygen atoms in total. The Kier molecular flexibility index (Phi) is 14.9. The summed E-state index contributed by atoms with van der Waals surface area (Å²) < 4.78 is 6.12. The van der Waals surface area contributed by atoms with Gasteiger partial charge in [0.25, 0.3) is 0 Å². The molecular formula is C49H73N5O8. The van der Waals surface area contributed by atoms with Crippen LogP contribution >= 0.6 is 0 Å². The van der Waals surface area contributed by atoms with E-state index in [1.165, 1.54) is 10.5 Å². The number of amides is 5. The van der Waals surface area contributed by atoms with Crippen molar-refractivity contribution in [3.05, 3.63) is 35.4 Å². The highest BCUT2D eigenvalue weighted by Crippen LogP contribution is 2.41. The molecule has 0 aromatic heterocycles. The van der Waals surface area contributed by atoms with Crippen LogP contribution < -0.4 is 10.6 Å². The highest BCUT2D eigenvalue weighted by Gasteiger charge is 2.50. The molecule has 0 bridgehead atoms. The zero-order chi connectivity index (χ0) is 45.0. The topological polar surface area (TPSA) is 162 Å². The molecular weight excluding hydrogens is 787 g/mol. The van der Waals surface area contributed by atoms with Gasteiger partial charge in [-0.3, -0.25) is 24.0 Å². The number of ether oxygens (including phenoxy) is 1. The summed E-state index contributed by atoms with van der Waals surface area (Å²) >= 11 is 0. The molecule has 3 heterocycles. The summed E-state index contributed by atoms with van der Waals surface area (Å²) in [6.07, 6.45) is 7.66. The average Bonchev–Trinajstić information content (AvgIpc) is 3.94. The Morgan fingerprint density at radius 1 is 0.919 bits per heavy atom. The van der Waals surface area contributed by atoms with Gasteiger partial charge in [0.05, 0.1) is 18.6 Å². The number of rotatable bonds is 16. The molecule has 5 amide bonds. The third-order valence-electron chi connectivity index (χ3n) is 14.5. The Balaban J connectivity index is 1.24. The van der Waals surface area contributed by atoms with Gasteiger partial charge in [-0.15, -0.1) is 0 Å². The number of nitrogens with one attached hydrogen (secondary N) is 2. The van der Waals surface area contributed by atoms with Crippen LogP contribution in [0, 0.1) is 28.1 Å². The molecule has 62 heavy (non-hydrogen) atoms. The van der Waals surface area contributed by atoms with E-state index in [-0.39, 0.29) is 48.8 Å². The number of benzene rings is 1. The molecule has 3 aliphatic heterocycles. The van der Waals surface area contributed by atoms with Crippen LogP contribution in [0.2, 0.25) is 0 Å². The Morgan fingerprint density at radius 3 is 2.26 bits per heavy atom. The molecule has 1 aromatic rings. The fourth-order valence-corrected chi connectivity index (χ4v) is 10.1. The minimum absolute atomic E-state index is 0.0478. The molecule has 0 radical (unpaired) electrons. The van der Waals surface area contributed by atoms with Crippen molar-refractivity contribution in [2.45, 2.75) is 176 Å². The van der Waals surface area contributed by atoms with Crippen molar-refractivity contribution >= 4 is 41.3 Å². The van der Waals surface area contributed by atoms with Crippen LogP contribution in [0.25, 0.3) is 0 Å². The molecule has 1 unspecified atom stereocenters. The van der Waals surface area contributed by atoms with Crippen molar-refractivity contribution in [1.82, 2.24) is 25.3 Å². The summed E-state index contributed by atoms with van der Waals surface area (Å²) in [6.45, 7) is 15.9. The van der Waals surface area contributed by atoms with E-state index in [1.807, 2.05) is 57.7 Å². The van der Waals surface area contributed by atoms with Gasteiger partial charge in [-0.25, -0.2) is 9.59 Å². The molecule has 2 aliphatic carbocycles. The number of carbonyl (C=O) groups is 7. The van der Waals surface area contributed by atoms with E-state index in [1.54, 1.807) is 4.90 Å². The molecule has 0 spiro atoms. The highest BCUT2D eigenvalue weighted by atomic mass is 16.6. The summed E-state index contributed by atoms with van der Waals surface area (Å²) in [4.78, 5) is 103. The van der Waals surface area contributed by atoms with Crippen LogP contribution in [0.5, 0.6) is 0 Å². The molecule has 13 heteroatoms. The number of carbonyl (C=O) groups excluding carboxylic acids is 7. The molecule has 2 saturated carbocycles. The van der Waals surface area contributed by atoms with E-state index >= 15 is 4.79 Å². The Labute approximate surface area is 369 Å². The van der Waals surface area contributed by atoms with Crippen LogP contribution in [-0.2, 0) is 41.7 Å². The van der Waals surface area contributed by atoms with Gasteiger partial charge >= 0.3 is 12.1 Å². The summed E-state index contributed by atoms with van der Waals surface area (Å²) in [5.74, 6) is -2.25. The van der Waals surface area contributed by atoms with Crippen molar-refractivity contribution in [3.63, 3.8) is 0 Å². The van der Waals surface area contributed by atoms with Crippen LogP contribution in [0.4, 0.5) is 9.59 Å². The lowest BCUT2D eigenvalue weighted by atomic mass is 9.70. The molecule has 5 atom stereocenters. The second-order valence-electron chi connectivity index (χ2n) is 21.4. The molecule has 5 aliphatic rings. The number of hydrogen-bond acceptors (Lipinski definition) is 8. The molecule has 2 N–H and O–H groups in total. The lowest BCUT2D eigenvalue weighted by molar-refractivity contribution is -0.144. The second kappa shape index (κ2) is 19.6. The Bertz CT molecular complexity index is 1840. The minimum Gasteiger partial charge on any atom is -0.444 e. The lowest BCUT2D eigenvalue weighted by Gasteiger charge is -2.43. The molecule has 4 fully saturated rings. The highest BCUT2D eigenvalue weighted by molar-refractivity contribution is 6.38. The number of hydrogen-bond donors (Lipinski definition) is 2. The standard InChI is InChI=1S/C49H73N5O8/c1-8-14-34(42(58)39(56)25-32-17-18-32)26-38(55)37-27-36(62-46(61)53-23-19-33-15-10-11-16-35(33)29-53)30-54(37)44(59)43(49(7)20-12-9-13-21-49)51-45(60)50-40(47(2,3)4)31-52-24-22-48(5,6)28-41(52)57/h10-11,15-16,32,34,36-37,40,43H,8-9,12-14,17-31H2,1-7H3,(H2,50,51,60)/t34?,36-,37+,40-,43-/m1/s1. The lowest BCUT2D eigenvalue weighted by Crippen LogP contribution is -2.62. The van der Waals surface area contributed by atoms with E-state index in [0.717, 1.165) is 44.1 Å². The normalized spacial score (nSPS) is 23.7. The minimum atomic E-state index is -1.02. The smallest absolute Gasteiger partial charge is 0.410 e. The number of nitrogens with zero attached hydrogens (tertiary/aromatic N) is 3. The largest absolute Gasteiger partial charge is 0.444 e. The maximum atomic E-state index is 15.3. The number of fused-ring (bicyclic) bond motifs is 1. The number of likely N-dealkylation sites (tertiary alicyclic amines) is 2. The van der Waals surface area contributed by atoms with Gasteiger partial charge in [-0.05, 0) is 78.2 Å². The van der Waals surface area contributed by atoms with Crippen LogP contribution in [0.15, 0.2) is 24.3 Å². The van der Waals surface area contributed by atoms with Crippen molar-refractivity contribution in [1.29, 1.82) is 0 Å². The van der Waals surface area contributed by atoms with Gasteiger partial charge < -0.3 is 30.1 Å². The van der Waals surface area contributed by atoms with Gasteiger partial charge in [0, 0.05) is 57.8 Å². The Morgan fingerprint density at radius 2 is 1.61 bits per heavy atom. The van der Waals surface area contributed by atoms with E-state index < -0.39 is 70.6 Å². The van der Waals surface area contributed by atoms with Gasteiger partial charge in [0.1, 0.15) is 12.1 Å². The van der Waals surface area contributed by atoms with E-state index in [0.29, 0.717) is 64.7 Å². The zero-order valence-electron chi connectivity index (χ0n) is 38.5. The van der Waals surface area contributed by atoms with Crippen molar-refractivity contribution in [2.75, 3.05) is 26.2 Å². The fourth-order valence-electron chi connectivity index (χ4n) is 10.1. The summed E-state index contributed by atoms with van der Waals surface area (Å²) in [6, 6.07) is 4.98. The number of piperidine rings is 1. The fraction of sp³-hybridized carbons (Fsp3) is 0.735. The quantitative estimate of drug-likeness (QED) is 0.166. The van der Waals surface area contributed by atoms with Crippen molar-refractivity contribution in [3.8, 4) is 0 Å². The SMILES string of the molecule is CCCC(CC(=O)[C@@H]1C[C@@H](OC(=O)N2CCc3ccccc3C2)CN1C(=O)[C@@H](NC(=O)N[C@H](CN1CCC(C)(C)CC1=O)C(C)(C)C)C1(C)CCCCC1)C(=O)C(=O)CC1CC1. The van der Waals surface area contributed by atoms with Crippen molar-refractivity contribution < 1.29 is 38.3 Å². The van der Waals surface area contributed by atoms with Crippen LogP contribution in [-0.4, -0.2) is 106 Å². The van der Waals surface area contributed by atoms with Gasteiger partial charge in [0.2, 0.25) is 17.6 Å². The molecule has 6 rings (SSSR count). The first-order valence-electron chi connectivity index (χ1n) is 23.5. The second-order valence-corrected chi connectivity index (χ2v) is 21.4. The third kappa shape index (κ3) is 11.8. The zero-order valence-corrected chi connectivity index (χ0v) is 38.5. The predicted octanol–water partition coefficient (Wildman–Crippen LogP) is 7.17. The van der Waals surface area contributed by atoms with E-state index in [4.69, 9.17) is 4.74 Å². The maximum absolute atomic E-state index is 15.3. The van der Waals surface area contributed by atoms with E-state index in [2.05, 4.69) is 30.5 Å². The van der Waals surface area contributed by atoms with Crippen LogP contribution in [0.3, 0.4) is 0 Å². The Hall–Kier alpha value is -4.29. The number of urea groups is 1. The molecule has 1 aromatic carbocycles.